The molecule has 0 bridgehead atoms. The largest absolute Gasteiger partial charge is 0.478 e. The van der Waals surface area contributed by atoms with Crippen molar-refractivity contribution < 1.29 is 24.0 Å². The van der Waals surface area contributed by atoms with E-state index in [2.05, 4.69) is 5.92 Å². The monoisotopic (exact) mass is 459 g/mol. The summed E-state index contributed by atoms with van der Waals surface area (Å²) >= 11 is 12.3. The third kappa shape index (κ3) is 4.50. The summed E-state index contributed by atoms with van der Waals surface area (Å²) in [5, 5.41) is 13.0. The molecule has 1 saturated heterocycles. The molecule has 0 atom stereocenters. The molecular weight excluding hydrogens is 449 g/mol. The third-order valence-electron chi connectivity index (χ3n) is 4.05. The zero-order valence-corrected chi connectivity index (χ0v) is 16.9. The van der Waals surface area contributed by atoms with Crippen molar-refractivity contribution in [2.75, 3.05) is 11.5 Å². The van der Waals surface area contributed by atoms with Gasteiger partial charge in [-0.15, -0.1) is 6.42 Å². The summed E-state index contributed by atoms with van der Waals surface area (Å²) < 4.78 is 5.25. The van der Waals surface area contributed by atoms with E-state index in [1.165, 1.54) is 30.3 Å². The van der Waals surface area contributed by atoms with Crippen LogP contribution in [0.3, 0.4) is 0 Å². The zero-order chi connectivity index (χ0) is 22.7. The SMILES string of the molecule is C#CCOc1c(Cl)cc(C=C2C(=O)NC(=O)N(c3ccc([N+](=O)[O-])cc3)C2=O)cc1Cl. The minimum absolute atomic E-state index is 0.0422. The van der Waals surface area contributed by atoms with Crippen molar-refractivity contribution in [3.8, 4) is 18.1 Å². The number of urea groups is 1. The number of nitrogens with one attached hydrogen (secondary N) is 1. The van der Waals surface area contributed by atoms with Crippen molar-refractivity contribution in [2.24, 2.45) is 0 Å². The first kappa shape index (κ1) is 21.8. The summed E-state index contributed by atoms with van der Waals surface area (Å²) in [6, 6.07) is 6.51. The first-order chi connectivity index (χ1) is 14.7. The van der Waals surface area contributed by atoms with Crippen LogP contribution in [0.5, 0.6) is 5.75 Å². The van der Waals surface area contributed by atoms with Gasteiger partial charge in [0.05, 0.1) is 20.7 Å². The maximum absolute atomic E-state index is 12.9. The van der Waals surface area contributed by atoms with Crippen LogP contribution in [0.2, 0.25) is 10.0 Å². The molecular formula is C20H11Cl2N3O6. The Morgan fingerprint density at radius 3 is 2.32 bits per heavy atom. The molecule has 1 aliphatic rings. The lowest BCUT2D eigenvalue weighted by Crippen LogP contribution is -2.54. The van der Waals surface area contributed by atoms with Gasteiger partial charge in [-0.25, -0.2) is 9.69 Å². The van der Waals surface area contributed by atoms with Gasteiger partial charge in [0.15, 0.2) is 5.75 Å². The van der Waals surface area contributed by atoms with Gasteiger partial charge >= 0.3 is 6.03 Å². The lowest BCUT2D eigenvalue weighted by atomic mass is 10.1. The Labute approximate surface area is 185 Å². The highest BCUT2D eigenvalue weighted by atomic mass is 35.5. The molecule has 0 aromatic heterocycles. The standard InChI is InChI=1S/C20H11Cl2N3O6/c1-2-7-31-17-15(21)9-11(10-16(17)22)8-14-18(26)23-20(28)24(19(14)27)12-3-5-13(6-4-12)25(29)30/h1,3-6,8-10H,7H2,(H,23,26,28). The normalized spacial score (nSPS) is 14.9. The lowest BCUT2D eigenvalue weighted by Gasteiger charge is -2.26. The molecule has 3 rings (SSSR count). The van der Waals surface area contributed by atoms with Gasteiger partial charge in [-0.05, 0) is 35.9 Å². The van der Waals surface area contributed by atoms with Crippen molar-refractivity contribution in [2.45, 2.75) is 0 Å². The lowest BCUT2D eigenvalue weighted by molar-refractivity contribution is -0.384. The van der Waals surface area contributed by atoms with Crippen LogP contribution >= 0.6 is 23.2 Å². The fourth-order valence-corrected chi connectivity index (χ4v) is 3.31. The highest BCUT2D eigenvalue weighted by Crippen LogP contribution is 2.35. The summed E-state index contributed by atoms with van der Waals surface area (Å²) in [4.78, 5) is 48.2. The van der Waals surface area contributed by atoms with Crippen molar-refractivity contribution in [1.29, 1.82) is 0 Å². The van der Waals surface area contributed by atoms with Gasteiger partial charge in [-0.1, -0.05) is 29.1 Å². The molecule has 1 heterocycles. The molecule has 11 heteroatoms. The number of benzene rings is 2. The molecule has 4 amide bonds. The van der Waals surface area contributed by atoms with Crippen molar-refractivity contribution in [3.63, 3.8) is 0 Å². The van der Waals surface area contributed by atoms with Gasteiger partial charge in [-0.3, -0.25) is 25.0 Å². The van der Waals surface area contributed by atoms with Crippen molar-refractivity contribution in [3.05, 3.63) is 67.7 Å². The molecule has 2 aromatic rings. The first-order valence-electron chi connectivity index (χ1n) is 8.44. The van der Waals surface area contributed by atoms with Crippen molar-refractivity contribution >= 4 is 58.5 Å². The number of non-ortho nitro benzene ring substituents is 1. The van der Waals surface area contributed by atoms with Gasteiger partial charge in [0.2, 0.25) is 0 Å². The van der Waals surface area contributed by atoms with Crippen LogP contribution in [0.4, 0.5) is 16.2 Å². The maximum Gasteiger partial charge on any atom is 0.335 e. The fourth-order valence-electron chi connectivity index (χ4n) is 2.70. The number of imide groups is 2. The molecule has 0 aliphatic carbocycles. The molecule has 1 fully saturated rings. The van der Waals surface area contributed by atoms with E-state index < -0.39 is 22.8 Å². The molecule has 0 unspecified atom stereocenters. The van der Waals surface area contributed by atoms with E-state index in [9.17, 15) is 24.5 Å². The highest BCUT2D eigenvalue weighted by Gasteiger charge is 2.37. The van der Waals surface area contributed by atoms with Crippen LogP contribution in [0, 0.1) is 22.5 Å². The van der Waals surface area contributed by atoms with E-state index >= 15 is 0 Å². The van der Waals surface area contributed by atoms with Gasteiger partial charge in [0.1, 0.15) is 12.2 Å². The van der Waals surface area contributed by atoms with Gasteiger partial charge < -0.3 is 4.74 Å². The van der Waals surface area contributed by atoms with Crippen LogP contribution in [0.1, 0.15) is 5.56 Å². The number of anilines is 1. The molecule has 0 saturated carbocycles. The second kappa shape index (κ2) is 8.87. The third-order valence-corrected chi connectivity index (χ3v) is 4.61. The summed E-state index contributed by atoms with van der Waals surface area (Å²) in [7, 11) is 0. The Hall–Kier alpha value is -3.87. The number of terminal acetylenes is 1. The molecule has 9 nitrogen and oxygen atoms in total. The smallest absolute Gasteiger partial charge is 0.335 e. The number of nitrogens with zero attached hydrogens (tertiary/aromatic N) is 2. The number of ether oxygens (including phenoxy) is 1. The van der Waals surface area contributed by atoms with Gasteiger partial charge in [-0.2, -0.15) is 0 Å². The molecule has 0 radical (unpaired) electrons. The van der Waals surface area contributed by atoms with E-state index in [-0.39, 0.29) is 39.3 Å². The number of rotatable bonds is 5. The number of nitro benzene ring substituents is 1. The Morgan fingerprint density at radius 1 is 1.16 bits per heavy atom. The van der Waals surface area contributed by atoms with Gasteiger partial charge in [0.25, 0.3) is 17.5 Å². The number of halogens is 2. The van der Waals surface area contributed by atoms with E-state index in [1.54, 1.807) is 0 Å². The second-order valence-electron chi connectivity index (χ2n) is 6.04. The van der Waals surface area contributed by atoms with Crippen LogP contribution in [0.25, 0.3) is 6.08 Å². The fraction of sp³-hybridized carbons (Fsp3) is 0.0500. The molecule has 0 spiro atoms. The summed E-state index contributed by atoms with van der Waals surface area (Å²) in [5.74, 6) is 0.566. The van der Waals surface area contributed by atoms with E-state index in [1.807, 2.05) is 5.32 Å². The number of amides is 4. The van der Waals surface area contributed by atoms with E-state index in [0.717, 1.165) is 12.1 Å². The average molecular weight is 460 g/mol. The summed E-state index contributed by atoms with van der Waals surface area (Å²) in [6.07, 6.45) is 6.34. The zero-order valence-electron chi connectivity index (χ0n) is 15.4. The van der Waals surface area contributed by atoms with E-state index in [0.29, 0.717) is 10.5 Å². The number of barbiturate groups is 1. The van der Waals surface area contributed by atoms with Crippen LogP contribution in [0.15, 0.2) is 42.0 Å². The quantitative estimate of drug-likeness (QED) is 0.240. The maximum atomic E-state index is 12.9. The Balaban J connectivity index is 1.97. The van der Waals surface area contributed by atoms with Gasteiger partial charge in [0, 0.05) is 12.1 Å². The predicted molar refractivity (Wildman–Crippen MR) is 113 cm³/mol. The number of hydrogen-bond donors (Lipinski definition) is 1. The average Bonchev–Trinajstić information content (AvgIpc) is 2.71. The Kier molecular flexibility index (Phi) is 6.25. The summed E-state index contributed by atoms with van der Waals surface area (Å²) in [5.41, 5.74) is -0.264. The number of nitro groups is 1. The Bertz CT molecular complexity index is 1160. The molecule has 2 aromatic carbocycles. The molecule has 1 N–H and O–H groups in total. The van der Waals surface area contributed by atoms with Crippen molar-refractivity contribution in [1.82, 2.24) is 5.32 Å². The Morgan fingerprint density at radius 2 is 1.77 bits per heavy atom. The molecule has 31 heavy (non-hydrogen) atoms. The predicted octanol–water partition coefficient (Wildman–Crippen LogP) is 3.58. The summed E-state index contributed by atoms with van der Waals surface area (Å²) in [6.45, 7) is -0.0624. The minimum atomic E-state index is -0.991. The molecule has 156 valence electrons. The van der Waals surface area contributed by atoms with Crippen LogP contribution in [-0.2, 0) is 9.59 Å². The second-order valence-corrected chi connectivity index (χ2v) is 6.85. The first-order valence-corrected chi connectivity index (χ1v) is 9.19. The number of carbonyl (C=O) groups excluding carboxylic acids is 3. The van der Waals surface area contributed by atoms with Crippen LogP contribution in [-0.4, -0.2) is 29.4 Å². The topological polar surface area (TPSA) is 119 Å². The van der Waals surface area contributed by atoms with E-state index in [4.69, 9.17) is 34.4 Å². The number of carbonyl (C=O) groups is 3. The number of hydrogen-bond acceptors (Lipinski definition) is 6. The highest BCUT2D eigenvalue weighted by molar-refractivity contribution is 6.40. The minimum Gasteiger partial charge on any atom is -0.478 e. The molecule has 1 aliphatic heterocycles. The van der Waals surface area contributed by atoms with Crippen LogP contribution < -0.4 is 15.0 Å².